The van der Waals surface area contributed by atoms with Crippen molar-refractivity contribution in [2.24, 2.45) is 0 Å². The van der Waals surface area contributed by atoms with Crippen LogP contribution in [0.5, 0.6) is 5.75 Å². The molecule has 3 aromatic rings. The van der Waals surface area contributed by atoms with Crippen molar-refractivity contribution in [3.05, 3.63) is 65.5 Å². The normalized spacial score (nSPS) is 15.8. The largest absolute Gasteiger partial charge is 0.497 e. The van der Waals surface area contributed by atoms with E-state index in [9.17, 15) is 9.18 Å². The molecule has 10 heteroatoms. The van der Waals surface area contributed by atoms with Gasteiger partial charge in [-0.3, -0.25) is 4.79 Å². The zero-order valence-corrected chi connectivity index (χ0v) is 19.2. The topological polar surface area (TPSA) is 67.3 Å². The van der Waals surface area contributed by atoms with E-state index in [1.165, 1.54) is 29.2 Å². The summed E-state index contributed by atoms with van der Waals surface area (Å²) in [4.78, 5) is 14.5. The Morgan fingerprint density at radius 2 is 2.06 bits per heavy atom. The molecule has 6 nitrogen and oxygen atoms in total. The number of methoxy groups -OCH3 is 1. The quantitative estimate of drug-likeness (QED) is 0.474. The number of aromatic nitrogens is 2. The fourth-order valence-electron chi connectivity index (χ4n) is 3.13. The molecule has 1 amide bonds. The van der Waals surface area contributed by atoms with Crippen LogP contribution in [0.3, 0.4) is 0 Å². The Labute approximate surface area is 192 Å². The molecule has 1 aliphatic heterocycles. The van der Waals surface area contributed by atoms with Crippen molar-refractivity contribution >= 4 is 45.9 Å². The zero-order chi connectivity index (χ0) is 21.6. The average molecular weight is 477 g/mol. The van der Waals surface area contributed by atoms with E-state index in [1.54, 1.807) is 42.0 Å². The molecule has 31 heavy (non-hydrogen) atoms. The van der Waals surface area contributed by atoms with Crippen LogP contribution in [0.25, 0.3) is 0 Å². The second-order valence-electron chi connectivity index (χ2n) is 6.70. The number of hydrogen-bond acceptors (Lipinski definition) is 8. The molecule has 0 radical (unpaired) electrons. The second kappa shape index (κ2) is 10.3. The van der Waals surface area contributed by atoms with Gasteiger partial charge in [-0.1, -0.05) is 53.4 Å². The molecule has 162 valence electrons. The van der Waals surface area contributed by atoms with E-state index in [1.807, 2.05) is 24.3 Å². The maximum absolute atomic E-state index is 14.2. The van der Waals surface area contributed by atoms with E-state index in [0.717, 1.165) is 21.4 Å². The number of carbonyl (C=O) groups excluding carboxylic acids is 1. The van der Waals surface area contributed by atoms with Crippen LogP contribution in [0, 0.1) is 5.82 Å². The van der Waals surface area contributed by atoms with Gasteiger partial charge in [0.1, 0.15) is 16.9 Å². The van der Waals surface area contributed by atoms with Crippen LogP contribution in [0.1, 0.15) is 16.5 Å². The molecule has 1 N–H and O–H groups in total. The fraction of sp³-hybridized carbons (Fsp3) is 0.286. The Balaban J connectivity index is 1.29. The van der Waals surface area contributed by atoms with Crippen molar-refractivity contribution in [1.29, 1.82) is 0 Å². The Hall–Kier alpha value is -2.30. The number of ether oxygens (including phenoxy) is 1. The summed E-state index contributed by atoms with van der Waals surface area (Å²) in [5.74, 6) is 1.57. The van der Waals surface area contributed by atoms with E-state index in [2.05, 4.69) is 15.5 Å². The molecule has 1 atom stereocenters. The van der Waals surface area contributed by atoms with E-state index < -0.39 is 0 Å². The number of halogens is 1. The van der Waals surface area contributed by atoms with Gasteiger partial charge in [0.2, 0.25) is 11.0 Å². The van der Waals surface area contributed by atoms with E-state index >= 15 is 0 Å². The van der Waals surface area contributed by atoms with Crippen LogP contribution >= 0.6 is 34.9 Å². The second-order valence-corrected chi connectivity index (χ2v) is 10.1. The first-order valence-electron chi connectivity index (χ1n) is 9.62. The van der Waals surface area contributed by atoms with E-state index in [4.69, 9.17) is 4.74 Å². The van der Waals surface area contributed by atoms with Crippen molar-refractivity contribution in [2.45, 2.75) is 16.3 Å². The predicted octanol–water partition coefficient (Wildman–Crippen LogP) is 4.66. The van der Waals surface area contributed by atoms with Crippen molar-refractivity contribution < 1.29 is 13.9 Å². The number of nitrogens with zero attached hydrogens (tertiary/aromatic N) is 3. The van der Waals surface area contributed by atoms with Crippen LogP contribution in [-0.4, -0.2) is 46.2 Å². The van der Waals surface area contributed by atoms with Crippen LogP contribution in [-0.2, 0) is 11.3 Å². The minimum atomic E-state index is -0.274. The lowest BCUT2D eigenvalue weighted by atomic mass is 10.2. The summed E-state index contributed by atoms with van der Waals surface area (Å²) >= 11 is 4.36. The third-order valence-electron chi connectivity index (χ3n) is 4.71. The van der Waals surface area contributed by atoms with Crippen LogP contribution in [0.2, 0.25) is 0 Å². The maximum Gasteiger partial charge on any atom is 0.234 e. The van der Waals surface area contributed by atoms with Gasteiger partial charge in [-0.2, -0.15) is 0 Å². The van der Waals surface area contributed by atoms with Crippen LogP contribution in [0.15, 0.2) is 52.9 Å². The Kier molecular flexibility index (Phi) is 7.31. The predicted molar refractivity (Wildman–Crippen MR) is 124 cm³/mol. The summed E-state index contributed by atoms with van der Waals surface area (Å²) in [6, 6.07) is 14.4. The first-order valence-corrected chi connectivity index (χ1v) is 12.5. The van der Waals surface area contributed by atoms with Crippen molar-refractivity contribution in [2.75, 3.05) is 30.5 Å². The number of benzene rings is 2. The number of carbonyl (C=O) groups is 1. The van der Waals surface area contributed by atoms with Crippen molar-refractivity contribution in [1.82, 2.24) is 15.1 Å². The molecule has 1 aromatic heterocycles. The highest BCUT2D eigenvalue weighted by Crippen LogP contribution is 2.39. The molecular weight excluding hydrogens is 455 g/mol. The van der Waals surface area contributed by atoms with Crippen LogP contribution in [0.4, 0.5) is 9.52 Å². The number of nitrogens with one attached hydrogen (secondary N) is 1. The molecule has 0 spiro atoms. The SMILES string of the molecule is COc1ccc(CNc2nnc(SCC(=O)N3CCS[C@H]3c3ccccc3F)s2)cc1. The molecule has 2 heterocycles. The maximum atomic E-state index is 14.2. The summed E-state index contributed by atoms with van der Waals surface area (Å²) in [5.41, 5.74) is 1.66. The Bertz CT molecular complexity index is 1030. The number of rotatable bonds is 8. The van der Waals surface area contributed by atoms with E-state index in [-0.39, 0.29) is 22.9 Å². The third-order valence-corrected chi connectivity index (χ3v) is 7.95. The summed E-state index contributed by atoms with van der Waals surface area (Å²) in [7, 11) is 1.64. The average Bonchev–Trinajstić information content (AvgIpc) is 3.46. The summed E-state index contributed by atoms with van der Waals surface area (Å²) < 4.78 is 20.1. The highest BCUT2D eigenvalue weighted by atomic mass is 32.2. The lowest BCUT2D eigenvalue weighted by Crippen LogP contribution is -2.32. The molecule has 0 saturated carbocycles. The monoisotopic (exact) mass is 476 g/mol. The first kappa shape index (κ1) is 21.9. The summed E-state index contributed by atoms with van der Waals surface area (Å²) in [5, 5.41) is 12.0. The molecule has 0 unspecified atom stereocenters. The fourth-order valence-corrected chi connectivity index (χ4v) is 6.06. The van der Waals surface area contributed by atoms with Gasteiger partial charge in [0, 0.05) is 24.4 Å². The molecule has 4 rings (SSSR count). The van der Waals surface area contributed by atoms with Gasteiger partial charge < -0.3 is 15.0 Å². The highest BCUT2D eigenvalue weighted by molar-refractivity contribution is 8.01. The number of amides is 1. The lowest BCUT2D eigenvalue weighted by molar-refractivity contribution is -0.128. The number of thioether (sulfide) groups is 2. The van der Waals surface area contributed by atoms with Gasteiger partial charge in [0.15, 0.2) is 4.34 Å². The molecular formula is C21H21FN4O2S3. The van der Waals surface area contributed by atoms with Crippen molar-refractivity contribution in [3.63, 3.8) is 0 Å². The first-order chi connectivity index (χ1) is 15.1. The minimum Gasteiger partial charge on any atom is -0.497 e. The van der Waals surface area contributed by atoms with Gasteiger partial charge in [-0.15, -0.1) is 22.0 Å². The Morgan fingerprint density at radius 3 is 2.84 bits per heavy atom. The molecule has 2 aromatic carbocycles. The summed E-state index contributed by atoms with van der Waals surface area (Å²) in [6.45, 7) is 1.24. The number of anilines is 1. The Morgan fingerprint density at radius 1 is 1.26 bits per heavy atom. The van der Waals surface area contributed by atoms with Gasteiger partial charge >= 0.3 is 0 Å². The van der Waals surface area contributed by atoms with E-state index in [0.29, 0.717) is 23.8 Å². The van der Waals surface area contributed by atoms with Gasteiger partial charge in [-0.25, -0.2) is 4.39 Å². The lowest BCUT2D eigenvalue weighted by Gasteiger charge is -2.24. The van der Waals surface area contributed by atoms with Gasteiger partial charge in [0.25, 0.3) is 0 Å². The number of hydrogen-bond donors (Lipinski definition) is 1. The highest BCUT2D eigenvalue weighted by Gasteiger charge is 2.32. The summed E-state index contributed by atoms with van der Waals surface area (Å²) in [6.07, 6.45) is 0. The van der Waals surface area contributed by atoms with Gasteiger partial charge in [0.05, 0.1) is 12.9 Å². The molecule has 1 aliphatic rings. The van der Waals surface area contributed by atoms with Crippen LogP contribution < -0.4 is 10.1 Å². The molecule has 1 fully saturated rings. The molecule has 0 aliphatic carbocycles. The molecule has 0 bridgehead atoms. The van der Waals surface area contributed by atoms with Gasteiger partial charge in [-0.05, 0) is 23.8 Å². The zero-order valence-electron chi connectivity index (χ0n) is 16.8. The minimum absolute atomic E-state index is 0.0220. The third kappa shape index (κ3) is 5.50. The molecule has 1 saturated heterocycles. The smallest absolute Gasteiger partial charge is 0.234 e. The standard InChI is InChI=1S/C21H21FN4O2S3/c1-28-15-8-6-14(7-9-15)12-23-20-24-25-21(31-20)30-13-18(27)26-10-11-29-19(26)16-4-2-3-5-17(16)22/h2-9,19H,10-13H2,1H3,(H,23,24)/t19-/m0/s1. The van der Waals surface area contributed by atoms with Crippen molar-refractivity contribution in [3.8, 4) is 5.75 Å².